The lowest BCUT2D eigenvalue weighted by atomic mass is 9.96. The highest BCUT2D eigenvalue weighted by Gasteiger charge is 2.29. The number of hydrogen-bond acceptors (Lipinski definition) is 3. The van der Waals surface area contributed by atoms with Crippen LogP contribution in [0, 0.1) is 11.8 Å². The number of likely N-dealkylation sites (tertiary alicyclic amines) is 1. The smallest absolute Gasteiger partial charge is 0.224 e. The van der Waals surface area contributed by atoms with Crippen LogP contribution in [-0.4, -0.2) is 41.7 Å². The van der Waals surface area contributed by atoms with Crippen molar-refractivity contribution in [2.75, 3.05) is 19.6 Å². The van der Waals surface area contributed by atoms with Crippen molar-refractivity contribution in [3.8, 4) is 0 Å². The molecule has 2 fully saturated rings. The molecule has 1 saturated carbocycles. The van der Waals surface area contributed by atoms with E-state index < -0.39 is 0 Å². The Bertz CT molecular complexity index is 505. The van der Waals surface area contributed by atoms with Crippen LogP contribution in [-0.2, 0) is 11.3 Å². The number of carbonyl (C=O) groups is 1. The van der Waals surface area contributed by atoms with Gasteiger partial charge in [0.2, 0.25) is 5.91 Å². The van der Waals surface area contributed by atoms with Crippen LogP contribution in [0.4, 0.5) is 0 Å². The van der Waals surface area contributed by atoms with Gasteiger partial charge in [0, 0.05) is 25.6 Å². The van der Waals surface area contributed by atoms with Crippen molar-refractivity contribution in [2.24, 2.45) is 11.8 Å². The number of aliphatic hydroxyl groups excluding tert-OH is 1. The van der Waals surface area contributed by atoms with E-state index in [4.69, 9.17) is 0 Å². The molecule has 0 radical (unpaired) electrons. The average Bonchev–Trinajstić information content (AvgIpc) is 2.99. The van der Waals surface area contributed by atoms with Crippen molar-refractivity contribution < 1.29 is 9.90 Å². The van der Waals surface area contributed by atoms with Gasteiger partial charge in [0.1, 0.15) is 0 Å². The molecule has 1 aromatic carbocycles. The van der Waals surface area contributed by atoms with Crippen molar-refractivity contribution in [1.29, 1.82) is 0 Å². The van der Waals surface area contributed by atoms with E-state index >= 15 is 0 Å². The topological polar surface area (TPSA) is 52.6 Å². The van der Waals surface area contributed by atoms with Gasteiger partial charge in [-0.25, -0.2) is 0 Å². The summed E-state index contributed by atoms with van der Waals surface area (Å²) in [4.78, 5) is 14.8. The minimum Gasteiger partial charge on any atom is -0.393 e. The van der Waals surface area contributed by atoms with Crippen LogP contribution in [0.15, 0.2) is 30.3 Å². The van der Waals surface area contributed by atoms with Gasteiger partial charge in [0.05, 0.1) is 12.0 Å². The first kappa shape index (κ1) is 16.5. The zero-order valence-electron chi connectivity index (χ0n) is 13.8. The number of carbonyl (C=O) groups excluding carboxylic acids is 1. The molecule has 1 aromatic rings. The van der Waals surface area contributed by atoms with Crippen LogP contribution < -0.4 is 5.32 Å². The monoisotopic (exact) mass is 316 g/mol. The Morgan fingerprint density at radius 2 is 2.00 bits per heavy atom. The molecule has 3 unspecified atom stereocenters. The van der Waals surface area contributed by atoms with Gasteiger partial charge in [-0.3, -0.25) is 9.69 Å². The Kier molecular flexibility index (Phi) is 5.68. The first-order valence-electron chi connectivity index (χ1n) is 8.94. The molecule has 3 atom stereocenters. The molecule has 0 bridgehead atoms. The molecular weight excluding hydrogens is 288 g/mol. The van der Waals surface area contributed by atoms with E-state index in [9.17, 15) is 9.90 Å². The summed E-state index contributed by atoms with van der Waals surface area (Å²) in [5.41, 5.74) is 1.31. The zero-order chi connectivity index (χ0) is 16.1. The first-order chi connectivity index (χ1) is 11.2. The lowest BCUT2D eigenvalue weighted by molar-refractivity contribution is -0.127. The molecule has 4 nitrogen and oxygen atoms in total. The molecule has 3 rings (SSSR count). The summed E-state index contributed by atoms with van der Waals surface area (Å²) in [6.45, 7) is 3.47. The van der Waals surface area contributed by atoms with Gasteiger partial charge < -0.3 is 10.4 Å². The zero-order valence-corrected chi connectivity index (χ0v) is 13.8. The van der Waals surface area contributed by atoms with Crippen molar-refractivity contribution in [2.45, 2.75) is 44.8 Å². The third kappa shape index (κ3) is 4.55. The van der Waals surface area contributed by atoms with Crippen LogP contribution in [0.3, 0.4) is 0 Å². The van der Waals surface area contributed by atoms with Crippen LogP contribution >= 0.6 is 0 Å². The average molecular weight is 316 g/mol. The number of rotatable bonds is 5. The first-order valence-corrected chi connectivity index (χ1v) is 8.94. The second kappa shape index (κ2) is 7.93. The van der Waals surface area contributed by atoms with E-state index in [1.807, 2.05) is 6.07 Å². The predicted octanol–water partition coefficient (Wildman–Crippen LogP) is 2.18. The highest BCUT2D eigenvalue weighted by atomic mass is 16.3. The van der Waals surface area contributed by atoms with Gasteiger partial charge >= 0.3 is 0 Å². The Labute approximate surface area is 138 Å². The van der Waals surface area contributed by atoms with Gasteiger partial charge in [-0.2, -0.15) is 0 Å². The van der Waals surface area contributed by atoms with Gasteiger partial charge in [-0.05, 0) is 37.8 Å². The third-order valence-corrected chi connectivity index (χ3v) is 5.28. The Hall–Kier alpha value is -1.39. The molecule has 126 valence electrons. The maximum absolute atomic E-state index is 12.4. The standard InChI is InChI=1S/C19H28N2O2/c22-18-10-4-8-16(18)12-20-19(23)17-9-5-11-21(14-17)13-15-6-2-1-3-7-15/h1-3,6-7,16-18,22H,4-5,8-14H2,(H,20,23). The Balaban J connectivity index is 1.46. The molecule has 4 heteroatoms. The Morgan fingerprint density at radius 1 is 1.17 bits per heavy atom. The number of benzene rings is 1. The molecule has 1 aliphatic carbocycles. The molecule has 1 amide bonds. The molecule has 1 saturated heterocycles. The van der Waals surface area contributed by atoms with E-state index in [-0.39, 0.29) is 23.8 Å². The van der Waals surface area contributed by atoms with E-state index in [0.717, 1.165) is 51.7 Å². The Morgan fingerprint density at radius 3 is 2.74 bits per heavy atom. The minimum atomic E-state index is -0.226. The normalized spacial score (nSPS) is 28.7. The SMILES string of the molecule is O=C(NCC1CCCC1O)C1CCCN(Cc2ccccc2)C1. The van der Waals surface area contributed by atoms with Crippen molar-refractivity contribution in [3.63, 3.8) is 0 Å². The van der Waals surface area contributed by atoms with Gasteiger partial charge in [0.25, 0.3) is 0 Å². The number of aliphatic hydroxyl groups is 1. The van der Waals surface area contributed by atoms with Crippen molar-refractivity contribution >= 4 is 5.91 Å². The molecule has 0 spiro atoms. The quantitative estimate of drug-likeness (QED) is 0.875. The lowest BCUT2D eigenvalue weighted by Gasteiger charge is -2.32. The fourth-order valence-corrected chi connectivity index (χ4v) is 3.89. The van der Waals surface area contributed by atoms with E-state index in [0.29, 0.717) is 6.54 Å². The molecule has 1 heterocycles. The number of nitrogens with zero attached hydrogens (tertiary/aromatic N) is 1. The largest absolute Gasteiger partial charge is 0.393 e. The summed E-state index contributed by atoms with van der Waals surface area (Å²) in [5, 5.41) is 12.9. The van der Waals surface area contributed by atoms with Crippen LogP contribution in [0.5, 0.6) is 0 Å². The lowest BCUT2D eigenvalue weighted by Crippen LogP contribution is -2.44. The molecule has 0 aromatic heterocycles. The molecule has 2 aliphatic rings. The fourth-order valence-electron chi connectivity index (χ4n) is 3.89. The maximum Gasteiger partial charge on any atom is 0.224 e. The van der Waals surface area contributed by atoms with E-state index in [1.54, 1.807) is 0 Å². The van der Waals surface area contributed by atoms with Crippen molar-refractivity contribution in [1.82, 2.24) is 10.2 Å². The van der Waals surface area contributed by atoms with Gasteiger partial charge in [-0.1, -0.05) is 36.8 Å². The number of piperidine rings is 1. The minimum absolute atomic E-state index is 0.0889. The van der Waals surface area contributed by atoms with Crippen LogP contribution in [0.2, 0.25) is 0 Å². The van der Waals surface area contributed by atoms with Gasteiger partial charge in [-0.15, -0.1) is 0 Å². The third-order valence-electron chi connectivity index (χ3n) is 5.28. The molecule has 1 aliphatic heterocycles. The number of nitrogens with one attached hydrogen (secondary N) is 1. The molecular formula is C19H28N2O2. The van der Waals surface area contributed by atoms with E-state index in [2.05, 4.69) is 34.5 Å². The summed E-state index contributed by atoms with van der Waals surface area (Å²) in [7, 11) is 0. The summed E-state index contributed by atoms with van der Waals surface area (Å²) in [6, 6.07) is 10.5. The van der Waals surface area contributed by atoms with Crippen LogP contribution in [0.1, 0.15) is 37.7 Å². The van der Waals surface area contributed by atoms with Crippen LogP contribution in [0.25, 0.3) is 0 Å². The second-order valence-electron chi connectivity index (χ2n) is 7.06. The fraction of sp³-hybridized carbons (Fsp3) is 0.632. The van der Waals surface area contributed by atoms with Gasteiger partial charge in [0.15, 0.2) is 0 Å². The second-order valence-corrected chi connectivity index (χ2v) is 7.06. The highest BCUT2D eigenvalue weighted by molar-refractivity contribution is 5.79. The summed E-state index contributed by atoms with van der Waals surface area (Å²) < 4.78 is 0. The number of amides is 1. The maximum atomic E-state index is 12.4. The summed E-state index contributed by atoms with van der Waals surface area (Å²) in [5.74, 6) is 0.510. The number of hydrogen-bond donors (Lipinski definition) is 2. The highest BCUT2D eigenvalue weighted by Crippen LogP contribution is 2.25. The van der Waals surface area contributed by atoms with E-state index in [1.165, 1.54) is 5.56 Å². The predicted molar refractivity (Wildman–Crippen MR) is 90.8 cm³/mol. The van der Waals surface area contributed by atoms with Crippen molar-refractivity contribution in [3.05, 3.63) is 35.9 Å². The summed E-state index contributed by atoms with van der Waals surface area (Å²) in [6.07, 6.45) is 4.83. The molecule has 23 heavy (non-hydrogen) atoms. The molecule has 2 N–H and O–H groups in total. The summed E-state index contributed by atoms with van der Waals surface area (Å²) >= 11 is 0.